The van der Waals surface area contributed by atoms with Gasteiger partial charge in [-0.25, -0.2) is 4.98 Å². The average Bonchev–Trinajstić information content (AvgIpc) is 2.75. The summed E-state index contributed by atoms with van der Waals surface area (Å²) >= 11 is 5.72. The summed E-state index contributed by atoms with van der Waals surface area (Å²) in [6.07, 6.45) is 1.87. The van der Waals surface area contributed by atoms with Crippen molar-refractivity contribution in [3.8, 4) is 0 Å². The number of carbonyl (C=O) groups excluding carboxylic acids is 2. The second-order valence-electron chi connectivity index (χ2n) is 3.49. The van der Waals surface area contributed by atoms with Gasteiger partial charge in [0.15, 0.2) is 5.78 Å². The molecule has 0 aromatic carbocycles. The number of Topliss-reactive ketones (excluding diaryl/α,β-unsaturated/α-hetero) is 1. The van der Waals surface area contributed by atoms with Crippen LogP contribution in [0.5, 0.6) is 0 Å². The molecule has 0 unspecified atom stereocenters. The number of rotatable bonds is 1. The third-order valence-corrected chi connectivity index (χ3v) is 2.82. The van der Waals surface area contributed by atoms with Gasteiger partial charge >= 0.3 is 0 Å². The predicted octanol–water partition coefficient (Wildman–Crippen LogP) is 0.488. The molecule has 2 rings (SSSR count). The first-order valence-electron chi connectivity index (χ1n) is 4.58. The zero-order valence-corrected chi connectivity index (χ0v) is 8.99. The summed E-state index contributed by atoms with van der Waals surface area (Å²) in [5, 5.41) is 0.267. The van der Waals surface area contributed by atoms with E-state index in [4.69, 9.17) is 11.6 Å². The van der Waals surface area contributed by atoms with Crippen molar-refractivity contribution in [3.05, 3.63) is 17.2 Å². The Morgan fingerprint density at radius 2 is 2.33 bits per heavy atom. The van der Waals surface area contributed by atoms with Crippen molar-refractivity contribution in [2.45, 2.75) is 6.42 Å². The van der Waals surface area contributed by atoms with Crippen LogP contribution in [0.25, 0.3) is 0 Å². The van der Waals surface area contributed by atoms with E-state index < -0.39 is 0 Å². The summed E-state index contributed by atoms with van der Waals surface area (Å²) < 4.78 is 1.51. The Balaban J connectivity index is 2.21. The Morgan fingerprint density at radius 3 is 2.80 bits per heavy atom. The van der Waals surface area contributed by atoms with Gasteiger partial charge in [-0.3, -0.25) is 9.59 Å². The van der Waals surface area contributed by atoms with E-state index in [0.717, 1.165) is 0 Å². The van der Waals surface area contributed by atoms with Crippen molar-refractivity contribution >= 4 is 23.3 Å². The number of nitrogens with zero attached hydrogens (tertiary/aromatic N) is 3. The standard InChI is InChI=1S/C9H10ClN3O2/c1-12-7(4-11-9(12)10)8(15)13-3-2-6(14)5-13/h4H,2-3,5H2,1H3. The number of ketones is 1. The normalized spacial score (nSPS) is 16.1. The van der Waals surface area contributed by atoms with Gasteiger partial charge in [0.1, 0.15) is 5.69 Å². The maximum Gasteiger partial charge on any atom is 0.272 e. The zero-order chi connectivity index (χ0) is 11.0. The summed E-state index contributed by atoms with van der Waals surface area (Å²) in [5.41, 5.74) is 0.412. The molecule has 1 amide bonds. The van der Waals surface area contributed by atoms with Crippen LogP contribution in [0.3, 0.4) is 0 Å². The maximum absolute atomic E-state index is 11.9. The van der Waals surface area contributed by atoms with Crippen LogP contribution in [0, 0.1) is 0 Å². The minimum atomic E-state index is -0.192. The maximum atomic E-state index is 11.9. The van der Waals surface area contributed by atoms with Gasteiger partial charge < -0.3 is 9.47 Å². The van der Waals surface area contributed by atoms with Crippen molar-refractivity contribution in [3.63, 3.8) is 0 Å². The molecule has 1 aliphatic rings. The van der Waals surface area contributed by atoms with Gasteiger partial charge in [-0.15, -0.1) is 0 Å². The fourth-order valence-electron chi connectivity index (χ4n) is 1.55. The Labute approximate surface area is 91.6 Å². The van der Waals surface area contributed by atoms with Gasteiger partial charge in [0, 0.05) is 20.0 Å². The molecule has 80 valence electrons. The Kier molecular flexibility index (Phi) is 2.48. The molecule has 1 saturated heterocycles. The number of imidazole rings is 1. The van der Waals surface area contributed by atoms with E-state index in [2.05, 4.69) is 4.98 Å². The van der Waals surface area contributed by atoms with Crippen molar-refractivity contribution in [1.29, 1.82) is 0 Å². The Morgan fingerprint density at radius 1 is 1.60 bits per heavy atom. The molecule has 2 heterocycles. The second kappa shape index (κ2) is 3.66. The lowest BCUT2D eigenvalue weighted by atomic mass is 10.4. The van der Waals surface area contributed by atoms with E-state index in [1.54, 1.807) is 7.05 Å². The lowest BCUT2D eigenvalue weighted by Gasteiger charge is -2.13. The second-order valence-corrected chi connectivity index (χ2v) is 3.82. The van der Waals surface area contributed by atoms with Crippen LogP contribution >= 0.6 is 11.6 Å². The Bertz CT molecular complexity index is 427. The topological polar surface area (TPSA) is 55.2 Å². The molecular formula is C9H10ClN3O2. The molecular weight excluding hydrogens is 218 g/mol. The highest BCUT2D eigenvalue weighted by molar-refractivity contribution is 6.28. The first-order chi connectivity index (χ1) is 7.09. The van der Waals surface area contributed by atoms with E-state index in [0.29, 0.717) is 18.7 Å². The predicted molar refractivity (Wildman–Crippen MR) is 53.7 cm³/mol. The fourth-order valence-corrected chi connectivity index (χ4v) is 1.69. The third kappa shape index (κ3) is 1.74. The largest absolute Gasteiger partial charge is 0.330 e. The van der Waals surface area contributed by atoms with Gasteiger partial charge in [-0.1, -0.05) is 0 Å². The molecule has 0 spiro atoms. The molecule has 0 saturated carbocycles. The van der Waals surface area contributed by atoms with Gasteiger partial charge in [0.2, 0.25) is 5.28 Å². The van der Waals surface area contributed by atoms with Crippen LogP contribution in [-0.2, 0) is 11.8 Å². The fraction of sp³-hybridized carbons (Fsp3) is 0.444. The van der Waals surface area contributed by atoms with Crippen LogP contribution in [0.2, 0.25) is 5.28 Å². The molecule has 0 radical (unpaired) electrons. The highest BCUT2D eigenvalue weighted by Crippen LogP contribution is 2.13. The van der Waals surface area contributed by atoms with Crippen LogP contribution in [0.15, 0.2) is 6.20 Å². The van der Waals surface area contributed by atoms with Crippen molar-refractivity contribution in [1.82, 2.24) is 14.5 Å². The molecule has 1 aromatic heterocycles. The van der Waals surface area contributed by atoms with Crippen molar-refractivity contribution in [2.75, 3.05) is 13.1 Å². The molecule has 1 aromatic rings. The van der Waals surface area contributed by atoms with Crippen LogP contribution < -0.4 is 0 Å². The van der Waals surface area contributed by atoms with Gasteiger partial charge in [-0.05, 0) is 11.6 Å². The molecule has 1 fully saturated rings. The summed E-state index contributed by atoms with van der Waals surface area (Å²) in [5.74, 6) is -0.0978. The minimum absolute atomic E-state index is 0.0941. The van der Waals surface area contributed by atoms with E-state index in [1.165, 1.54) is 15.7 Å². The van der Waals surface area contributed by atoms with Crippen LogP contribution in [0.4, 0.5) is 0 Å². The number of halogens is 1. The van der Waals surface area contributed by atoms with E-state index >= 15 is 0 Å². The number of likely N-dealkylation sites (tertiary alicyclic amines) is 1. The number of hydrogen-bond donors (Lipinski definition) is 0. The highest BCUT2D eigenvalue weighted by Gasteiger charge is 2.26. The van der Waals surface area contributed by atoms with E-state index in [-0.39, 0.29) is 23.5 Å². The lowest BCUT2D eigenvalue weighted by Crippen LogP contribution is -2.30. The monoisotopic (exact) mass is 227 g/mol. The number of amides is 1. The summed E-state index contributed by atoms with van der Waals surface area (Å²) in [6, 6.07) is 0. The first-order valence-corrected chi connectivity index (χ1v) is 4.95. The van der Waals surface area contributed by atoms with Crippen LogP contribution in [-0.4, -0.2) is 39.2 Å². The SMILES string of the molecule is Cn1c(C(=O)N2CCC(=O)C2)cnc1Cl. The summed E-state index contributed by atoms with van der Waals surface area (Å²) in [6.45, 7) is 0.683. The molecule has 15 heavy (non-hydrogen) atoms. The quantitative estimate of drug-likeness (QED) is 0.702. The van der Waals surface area contributed by atoms with Gasteiger partial charge in [0.25, 0.3) is 5.91 Å². The van der Waals surface area contributed by atoms with Crippen molar-refractivity contribution < 1.29 is 9.59 Å². The molecule has 6 heteroatoms. The third-order valence-electron chi connectivity index (χ3n) is 2.47. The average molecular weight is 228 g/mol. The summed E-state index contributed by atoms with van der Waals surface area (Å²) in [4.78, 5) is 28.3. The number of carbonyl (C=O) groups is 2. The molecule has 0 bridgehead atoms. The van der Waals surface area contributed by atoms with E-state index in [1.807, 2.05) is 0 Å². The van der Waals surface area contributed by atoms with E-state index in [9.17, 15) is 9.59 Å². The minimum Gasteiger partial charge on any atom is -0.330 e. The van der Waals surface area contributed by atoms with Gasteiger partial charge in [-0.2, -0.15) is 0 Å². The van der Waals surface area contributed by atoms with Gasteiger partial charge in [0.05, 0.1) is 12.7 Å². The smallest absolute Gasteiger partial charge is 0.272 e. The Hall–Kier alpha value is -1.36. The first kappa shape index (κ1) is 10.2. The zero-order valence-electron chi connectivity index (χ0n) is 8.23. The van der Waals surface area contributed by atoms with Crippen LogP contribution in [0.1, 0.15) is 16.9 Å². The number of hydrogen-bond acceptors (Lipinski definition) is 3. The summed E-state index contributed by atoms with van der Waals surface area (Å²) in [7, 11) is 1.67. The molecule has 0 atom stereocenters. The van der Waals surface area contributed by atoms with Crippen molar-refractivity contribution in [2.24, 2.45) is 7.05 Å². The highest BCUT2D eigenvalue weighted by atomic mass is 35.5. The molecule has 0 N–H and O–H groups in total. The molecule has 1 aliphatic heterocycles. The lowest BCUT2D eigenvalue weighted by molar-refractivity contribution is -0.116. The molecule has 0 aliphatic carbocycles. The number of aromatic nitrogens is 2. The molecule has 5 nitrogen and oxygen atoms in total.